The molecule has 5 rings (SSSR count). The number of amides is 1. The molecular weight excluding hydrogens is 465 g/mol. The van der Waals surface area contributed by atoms with Gasteiger partial charge >= 0.3 is 0 Å². The maximum Gasteiger partial charge on any atom is 0.261 e. The number of carbonyl (C=O) groups excluding carboxylic acids is 1. The number of para-hydroxylation sites is 1. The van der Waals surface area contributed by atoms with Crippen LogP contribution in [0.15, 0.2) is 30.6 Å². The predicted molar refractivity (Wildman–Crippen MR) is 139 cm³/mol. The summed E-state index contributed by atoms with van der Waals surface area (Å²) < 4.78 is 14.1. The maximum atomic E-state index is 14.1. The van der Waals surface area contributed by atoms with Crippen LogP contribution in [0, 0.1) is 12.7 Å². The number of hydrogen-bond donors (Lipinski definition) is 1. The molecule has 10 heteroatoms. The zero-order valence-corrected chi connectivity index (χ0v) is 21.2. The van der Waals surface area contributed by atoms with E-state index in [1.807, 2.05) is 19.1 Å². The number of carbonyl (C=O) groups is 1. The molecule has 35 heavy (non-hydrogen) atoms. The van der Waals surface area contributed by atoms with E-state index in [-0.39, 0.29) is 11.7 Å². The summed E-state index contributed by atoms with van der Waals surface area (Å²) in [7, 11) is 2.13. The maximum absolute atomic E-state index is 14.1. The Morgan fingerprint density at radius 2 is 1.74 bits per heavy atom. The molecular formula is C25H32FN7OS. The Morgan fingerprint density at radius 3 is 2.49 bits per heavy atom. The lowest BCUT2D eigenvalue weighted by Crippen LogP contribution is -2.48. The zero-order chi connectivity index (χ0) is 24.4. The first kappa shape index (κ1) is 23.9. The Bertz CT molecular complexity index is 1190. The van der Waals surface area contributed by atoms with Gasteiger partial charge in [-0.3, -0.25) is 9.69 Å². The lowest BCUT2D eigenvalue weighted by molar-refractivity contribution is 0.0951. The van der Waals surface area contributed by atoms with Crippen LogP contribution in [0.4, 0.5) is 15.9 Å². The van der Waals surface area contributed by atoms with Crippen LogP contribution in [-0.2, 0) is 0 Å². The molecule has 0 radical (unpaired) electrons. The topological polar surface area (TPSA) is 67.8 Å². The molecule has 0 atom stereocenters. The van der Waals surface area contributed by atoms with Crippen LogP contribution in [0.25, 0.3) is 10.2 Å². The molecule has 186 valence electrons. The number of benzene rings is 1. The fraction of sp³-hybridized carbons (Fsp3) is 0.480. The van der Waals surface area contributed by atoms with Crippen LogP contribution in [0.1, 0.15) is 15.2 Å². The molecule has 4 heterocycles. The quantitative estimate of drug-likeness (QED) is 0.561. The van der Waals surface area contributed by atoms with E-state index in [4.69, 9.17) is 0 Å². The van der Waals surface area contributed by atoms with Crippen molar-refractivity contribution in [1.29, 1.82) is 0 Å². The standard InChI is InChI=1S/C25H32FN7OS/c1-18-21-23(33-13-9-30(2)10-14-33)28-17-29-25(21)35-22(18)24(34)27-7-8-31-11-15-32(16-12-31)20-6-4-3-5-19(20)26/h3-6,17H,7-16H2,1-2H3,(H,27,34). The average Bonchev–Trinajstić information content (AvgIpc) is 3.22. The Hall–Kier alpha value is -2.82. The normalized spacial score (nSPS) is 17.8. The van der Waals surface area contributed by atoms with Gasteiger partial charge in [0, 0.05) is 65.4 Å². The SMILES string of the molecule is Cc1c(C(=O)NCCN2CCN(c3ccccc3F)CC2)sc2ncnc(N3CCN(C)CC3)c12. The second-order valence-corrected chi connectivity index (χ2v) is 10.3. The first-order valence-corrected chi connectivity index (χ1v) is 13.0. The summed E-state index contributed by atoms with van der Waals surface area (Å²) in [5, 5.41) is 4.09. The number of rotatable bonds is 6. The molecule has 0 unspecified atom stereocenters. The van der Waals surface area contributed by atoms with Crippen molar-refractivity contribution in [2.45, 2.75) is 6.92 Å². The number of anilines is 2. The van der Waals surface area contributed by atoms with Gasteiger partial charge in [-0.1, -0.05) is 12.1 Å². The number of nitrogens with one attached hydrogen (secondary N) is 1. The molecule has 1 amide bonds. The van der Waals surface area contributed by atoms with Gasteiger partial charge in [0.15, 0.2) is 0 Å². The number of aromatic nitrogens is 2. The minimum atomic E-state index is -0.174. The Kier molecular flexibility index (Phi) is 7.12. The Morgan fingerprint density at radius 1 is 1.03 bits per heavy atom. The monoisotopic (exact) mass is 497 g/mol. The van der Waals surface area contributed by atoms with E-state index in [0.29, 0.717) is 17.1 Å². The molecule has 1 N–H and O–H groups in total. The van der Waals surface area contributed by atoms with E-state index in [0.717, 1.165) is 80.5 Å². The van der Waals surface area contributed by atoms with Crippen molar-refractivity contribution in [3.8, 4) is 0 Å². The highest BCUT2D eigenvalue weighted by atomic mass is 32.1. The molecule has 2 aliphatic rings. The van der Waals surface area contributed by atoms with Crippen LogP contribution < -0.4 is 15.1 Å². The number of nitrogens with zero attached hydrogens (tertiary/aromatic N) is 6. The highest BCUT2D eigenvalue weighted by Crippen LogP contribution is 2.35. The smallest absolute Gasteiger partial charge is 0.261 e. The van der Waals surface area contributed by atoms with Crippen molar-refractivity contribution in [1.82, 2.24) is 25.1 Å². The molecule has 2 aliphatic heterocycles. The summed E-state index contributed by atoms with van der Waals surface area (Å²) >= 11 is 1.44. The van der Waals surface area contributed by atoms with Crippen LogP contribution in [0.5, 0.6) is 0 Å². The van der Waals surface area contributed by atoms with E-state index < -0.39 is 0 Å². The van der Waals surface area contributed by atoms with Crippen molar-refractivity contribution >= 4 is 39.0 Å². The van der Waals surface area contributed by atoms with Crippen molar-refractivity contribution in [3.63, 3.8) is 0 Å². The Labute approximate surface area is 209 Å². The second-order valence-electron chi connectivity index (χ2n) is 9.26. The Balaban J connectivity index is 1.17. The summed E-state index contributed by atoms with van der Waals surface area (Å²) in [6.45, 7) is 10.4. The molecule has 8 nitrogen and oxygen atoms in total. The summed E-state index contributed by atoms with van der Waals surface area (Å²) in [5.41, 5.74) is 1.62. The molecule has 0 spiro atoms. The van der Waals surface area contributed by atoms with Gasteiger partial charge in [-0.15, -0.1) is 11.3 Å². The molecule has 2 fully saturated rings. The molecule has 2 saturated heterocycles. The van der Waals surface area contributed by atoms with Gasteiger partial charge in [-0.05, 0) is 31.7 Å². The average molecular weight is 498 g/mol. The lowest BCUT2D eigenvalue weighted by Gasteiger charge is -2.36. The molecule has 0 bridgehead atoms. The number of likely N-dealkylation sites (N-methyl/N-ethyl adjacent to an activating group) is 1. The third-order valence-electron chi connectivity index (χ3n) is 6.99. The molecule has 0 aliphatic carbocycles. The van der Waals surface area contributed by atoms with E-state index >= 15 is 0 Å². The number of piperazine rings is 2. The number of aryl methyl sites for hydroxylation is 1. The summed E-state index contributed by atoms with van der Waals surface area (Å²) in [6, 6.07) is 6.93. The fourth-order valence-electron chi connectivity index (χ4n) is 4.86. The predicted octanol–water partition coefficient (Wildman–Crippen LogP) is 2.44. The molecule has 2 aromatic heterocycles. The lowest BCUT2D eigenvalue weighted by atomic mass is 10.1. The highest BCUT2D eigenvalue weighted by molar-refractivity contribution is 7.20. The zero-order valence-electron chi connectivity index (χ0n) is 20.3. The number of halogens is 1. The summed E-state index contributed by atoms with van der Waals surface area (Å²) in [6.07, 6.45) is 1.61. The van der Waals surface area contributed by atoms with Gasteiger partial charge < -0.3 is 20.0 Å². The van der Waals surface area contributed by atoms with Gasteiger partial charge in [0.05, 0.1) is 16.0 Å². The number of hydrogen-bond acceptors (Lipinski definition) is 8. The third-order valence-corrected chi connectivity index (χ3v) is 8.19. The van der Waals surface area contributed by atoms with Gasteiger partial charge in [0.25, 0.3) is 5.91 Å². The van der Waals surface area contributed by atoms with Crippen molar-refractivity contribution in [2.75, 3.05) is 82.3 Å². The number of thiophene rings is 1. The molecule has 0 saturated carbocycles. The van der Waals surface area contributed by atoms with Crippen LogP contribution in [0.3, 0.4) is 0 Å². The largest absolute Gasteiger partial charge is 0.367 e. The number of fused-ring (bicyclic) bond motifs is 1. The summed E-state index contributed by atoms with van der Waals surface area (Å²) in [5.74, 6) is 0.704. The van der Waals surface area contributed by atoms with Gasteiger partial charge in [0.2, 0.25) is 0 Å². The van der Waals surface area contributed by atoms with Crippen LogP contribution >= 0.6 is 11.3 Å². The van der Waals surface area contributed by atoms with Gasteiger partial charge in [-0.25, -0.2) is 14.4 Å². The van der Waals surface area contributed by atoms with E-state index in [2.05, 4.69) is 41.9 Å². The van der Waals surface area contributed by atoms with Gasteiger partial charge in [0.1, 0.15) is 22.8 Å². The minimum absolute atomic E-state index is 0.0557. The van der Waals surface area contributed by atoms with E-state index in [1.54, 1.807) is 12.4 Å². The van der Waals surface area contributed by atoms with Crippen molar-refractivity contribution < 1.29 is 9.18 Å². The first-order valence-electron chi connectivity index (χ1n) is 12.2. The molecule has 3 aromatic rings. The van der Waals surface area contributed by atoms with Crippen molar-refractivity contribution in [2.24, 2.45) is 0 Å². The highest BCUT2D eigenvalue weighted by Gasteiger charge is 2.24. The van der Waals surface area contributed by atoms with E-state index in [1.165, 1.54) is 17.4 Å². The van der Waals surface area contributed by atoms with E-state index in [9.17, 15) is 9.18 Å². The van der Waals surface area contributed by atoms with Crippen molar-refractivity contribution in [3.05, 3.63) is 46.9 Å². The second kappa shape index (κ2) is 10.4. The first-order chi connectivity index (χ1) is 17.0. The summed E-state index contributed by atoms with van der Waals surface area (Å²) in [4.78, 5) is 32.7. The van der Waals surface area contributed by atoms with Crippen LogP contribution in [0.2, 0.25) is 0 Å². The third kappa shape index (κ3) is 5.10. The minimum Gasteiger partial charge on any atom is -0.367 e. The van der Waals surface area contributed by atoms with Gasteiger partial charge in [-0.2, -0.15) is 0 Å². The fourth-order valence-corrected chi connectivity index (χ4v) is 5.92. The molecule has 1 aromatic carbocycles. The van der Waals surface area contributed by atoms with Crippen LogP contribution in [-0.4, -0.2) is 98.2 Å².